The smallest absolute Gasteiger partial charge is 0.243 e. The largest absolute Gasteiger partial charge is 0.392 e. The Morgan fingerprint density at radius 2 is 1.42 bits per heavy atom. The van der Waals surface area contributed by atoms with Crippen molar-refractivity contribution in [3.63, 3.8) is 0 Å². The molecule has 1 heterocycles. The number of nitrogens with one attached hydrogen (secondary N) is 3. The summed E-state index contributed by atoms with van der Waals surface area (Å²) in [5.41, 5.74) is 5.62. The van der Waals surface area contributed by atoms with Gasteiger partial charge in [-0.3, -0.25) is 19.6 Å². The molecule has 0 aliphatic carbocycles. The molecule has 3 aromatic rings. The highest BCUT2D eigenvalue weighted by Crippen LogP contribution is 2.39. The standard InChI is InChI=1S/C32H37N3O7S/c1-21(37)33-25-14-16-28(17-15-25)43-20-27-18-29(23-8-6-22(19-36)7-9-23)42-32(41-27)24-10-12-26(13-11-24)34-30(38)4-2-3-5-31(39)35-40/h6-17,27,29,32,36,40H,2-5,18-20H2,1H3,(H,33,37)(H,34,38)(H,35,39). The average Bonchev–Trinajstić information content (AvgIpc) is 3.02. The summed E-state index contributed by atoms with van der Waals surface area (Å²) in [7, 11) is 0. The third-order valence-corrected chi connectivity index (χ3v) is 8.02. The van der Waals surface area contributed by atoms with Crippen LogP contribution in [0, 0.1) is 0 Å². The molecule has 1 aliphatic rings. The fraction of sp³-hybridized carbons (Fsp3) is 0.344. The van der Waals surface area contributed by atoms with Crippen LogP contribution in [0.15, 0.2) is 77.7 Å². The predicted molar refractivity (Wildman–Crippen MR) is 163 cm³/mol. The van der Waals surface area contributed by atoms with Crippen molar-refractivity contribution < 1.29 is 34.2 Å². The Morgan fingerprint density at radius 1 is 0.814 bits per heavy atom. The molecular formula is C32H37N3O7S. The van der Waals surface area contributed by atoms with Crippen LogP contribution in [0.3, 0.4) is 0 Å². The van der Waals surface area contributed by atoms with Gasteiger partial charge in [0, 0.05) is 53.8 Å². The maximum Gasteiger partial charge on any atom is 0.243 e. The van der Waals surface area contributed by atoms with E-state index in [4.69, 9.17) is 14.7 Å². The number of anilines is 2. The summed E-state index contributed by atoms with van der Waals surface area (Å²) in [6, 6.07) is 22.8. The van der Waals surface area contributed by atoms with Crippen molar-refractivity contribution in [3.05, 3.63) is 89.5 Å². The van der Waals surface area contributed by atoms with Gasteiger partial charge in [0.15, 0.2) is 6.29 Å². The number of hydroxylamine groups is 1. The molecule has 0 radical (unpaired) electrons. The van der Waals surface area contributed by atoms with Crippen LogP contribution in [0.25, 0.3) is 0 Å². The third-order valence-electron chi connectivity index (χ3n) is 6.87. The van der Waals surface area contributed by atoms with Gasteiger partial charge in [-0.1, -0.05) is 36.4 Å². The average molecular weight is 608 g/mol. The summed E-state index contributed by atoms with van der Waals surface area (Å²) in [6.45, 7) is 1.45. The monoisotopic (exact) mass is 607 g/mol. The van der Waals surface area contributed by atoms with Crippen LogP contribution in [-0.2, 0) is 30.5 Å². The summed E-state index contributed by atoms with van der Waals surface area (Å²) in [4.78, 5) is 35.8. The van der Waals surface area contributed by atoms with E-state index in [1.807, 2.05) is 60.7 Å². The summed E-state index contributed by atoms with van der Waals surface area (Å²) >= 11 is 1.67. The molecule has 5 N–H and O–H groups in total. The highest BCUT2D eigenvalue weighted by Gasteiger charge is 2.32. The molecule has 1 fully saturated rings. The van der Waals surface area contributed by atoms with Gasteiger partial charge in [0.25, 0.3) is 0 Å². The van der Waals surface area contributed by atoms with Crippen molar-refractivity contribution in [3.8, 4) is 0 Å². The number of aliphatic hydroxyl groups excluding tert-OH is 1. The van der Waals surface area contributed by atoms with E-state index in [0.29, 0.717) is 30.7 Å². The zero-order valence-electron chi connectivity index (χ0n) is 24.0. The number of carbonyl (C=O) groups is 3. The fourth-order valence-electron chi connectivity index (χ4n) is 4.62. The topological polar surface area (TPSA) is 146 Å². The SMILES string of the molecule is CC(=O)Nc1ccc(SCC2CC(c3ccc(CO)cc3)OC(c3ccc(NC(=O)CCCCC(=O)NO)cc3)O2)cc1. The molecule has 0 spiro atoms. The zero-order chi connectivity index (χ0) is 30.6. The summed E-state index contributed by atoms with van der Waals surface area (Å²) in [5, 5.41) is 23.6. The van der Waals surface area contributed by atoms with Crippen LogP contribution < -0.4 is 16.1 Å². The lowest BCUT2D eigenvalue weighted by Gasteiger charge is -2.36. The van der Waals surface area contributed by atoms with E-state index < -0.39 is 12.2 Å². The van der Waals surface area contributed by atoms with Gasteiger partial charge in [-0.2, -0.15) is 0 Å². The molecular weight excluding hydrogens is 570 g/mol. The Morgan fingerprint density at radius 3 is 2.05 bits per heavy atom. The highest BCUT2D eigenvalue weighted by atomic mass is 32.2. The molecule has 228 valence electrons. The van der Waals surface area contributed by atoms with E-state index in [1.54, 1.807) is 29.4 Å². The van der Waals surface area contributed by atoms with Crippen molar-refractivity contribution in [2.24, 2.45) is 0 Å². The van der Waals surface area contributed by atoms with E-state index >= 15 is 0 Å². The van der Waals surface area contributed by atoms with E-state index in [1.165, 1.54) is 6.92 Å². The molecule has 3 unspecified atom stereocenters. The Labute approximate surface area is 255 Å². The molecule has 10 nitrogen and oxygen atoms in total. The van der Waals surface area contributed by atoms with E-state index in [-0.39, 0.29) is 43.5 Å². The second kappa shape index (κ2) is 16.2. The number of amides is 3. The lowest BCUT2D eigenvalue weighted by Crippen LogP contribution is -2.31. The first-order valence-electron chi connectivity index (χ1n) is 14.2. The molecule has 1 saturated heterocycles. The Bertz CT molecular complexity index is 1350. The van der Waals surface area contributed by atoms with Crippen molar-refractivity contribution in [1.29, 1.82) is 0 Å². The Hall–Kier alpha value is -3.74. The van der Waals surface area contributed by atoms with E-state index in [0.717, 1.165) is 27.3 Å². The molecule has 3 atom stereocenters. The van der Waals surface area contributed by atoms with Crippen molar-refractivity contribution in [2.45, 2.75) is 69.0 Å². The maximum atomic E-state index is 12.3. The maximum absolute atomic E-state index is 12.3. The van der Waals surface area contributed by atoms with Gasteiger partial charge < -0.3 is 25.2 Å². The van der Waals surface area contributed by atoms with E-state index in [2.05, 4.69) is 10.6 Å². The number of carbonyl (C=O) groups excluding carboxylic acids is 3. The second-order valence-electron chi connectivity index (χ2n) is 10.3. The number of hydrogen-bond donors (Lipinski definition) is 5. The number of thioether (sulfide) groups is 1. The first-order valence-corrected chi connectivity index (χ1v) is 15.2. The van der Waals surface area contributed by atoms with Gasteiger partial charge in [0.2, 0.25) is 17.7 Å². The number of unbranched alkanes of at least 4 members (excludes halogenated alkanes) is 1. The molecule has 0 saturated carbocycles. The number of rotatable bonds is 13. The molecule has 11 heteroatoms. The summed E-state index contributed by atoms with van der Waals surface area (Å²) in [5.74, 6) is -0.0437. The molecule has 0 aromatic heterocycles. The lowest BCUT2D eigenvalue weighted by atomic mass is 10.0. The zero-order valence-corrected chi connectivity index (χ0v) is 24.8. The number of aliphatic hydroxyl groups is 1. The number of hydrogen-bond acceptors (Lipinski definition) is 8. The van der Waals surface area contributed by atoms with Gasteiger partial charge in [0.1, 0.15) is 0 Å². The van der Waals surface area contributed by atoms with Crippen LogP contribution in [0.5, 0.6) is 0 Å². The van der Waals surface area contributed by atoms with Gasteiger partial charge in [-0.05, 0) is 60.4 Å². The number of benzene rings is 3. The Balaban J connectivity index is 1.39. The van der Waals surface area contributed by atoms with Crippen LogP contribution >= 0.6 is 11.8 Å². The summed E-state index contributed by atoms with van der Waals surface area (Å²) in [6.07, 6.45) is 1.16. The first-order chi connectivity index (χ1) is 20.8. The van der Waals surface area contributed by atoms with Crippen molar-refractivity contribution >= 4 is 40.9 Å². The Kier molecular flexibility index (Phi) is 12.1. The van der Waals surface area contributed by atoms with Crippen LogP contribution in [0.2, 0.25) is 0 Å². The molecule has 4 rings (SSSR count). The van der Waals surface area contributed by atoms with Gasteiger partial charge in [-0.25, -0.2) is 5.48 Å². The highest BCUT2D eigenvalue weighted by molar-refractivity contribution is 7.99. The second-order valence-corrected chi connectivity index (χ2v) is 11.4. The molecule has 1 aliphatic heterocycles. The molecule has 3 aromatic carbocycles. The quantitative estimate of drug-likeness (QED) is 0.0743. The normalized spacial score (nSPS) is 18.1. The number of ether oxygens (including phenoxy) is 2. The van der Waals surface area contributed by atoms with Crippen LogP contribution in [0.4, 0.5) is 11.4 Å². The minimum atomic E-state index is -0.619. The minimum Gasteiger partial charge on any atom is -0.392 e. The minimum absolute atomic E-state index is 0.0265. The molecule has 0 bridgehead atoms. The summed E-state index contributed by atoms with van der Waals surface area (Å²) < 4.78 is 12.8. The first kappa shape index (κ1) is 32.2. The third kappa shape index (κ3) is 10.2. The predicted octanol–water partition coefficient (Wildman–Crippen LogP) is 5.48. The van der Waals surface area contributed by atoms with Crippen LogP contribution in [-0.4, -0.2) is 39.9 Å². The van der Waals surface area contributed by atoms with Crippen LogP contribution in [0.1, 0.15) is 68.1 Å². The van der Waals surface area contributed by atoms with E-state index in [9.17, 15) is 19.5 Å². The lowest BCUT2D eigenvalue weighted by molar-refractivity contribution is -0.245. The van der Waals surface area contributed by atoms with Crippen molar-refractivity contribution in [2.75, 3.05) is 16.4 Å². The molecule has 43 heavy (non-hydrogen) atoms. The molecule has 3 amide bonds. The van der Waals surface area contributed by atoms with Gasteiger partial charge >= 0.3 is 0 Å². The van der Waals surface area contributed by atoms with Crippen molar-refractivity contribution in [1.82, 2.24) is 5.48 Å². The van der Waals surface area contributed by atoms with Gasteiger partial charge in [0.05, 0.1) is 18.8 Å². The van der Waals surface area contributed by atoms with Gasteiger partial charge in [-0.15, -0.1) is 11.8 Å². The fourth-order valence-corrected chi connectivity index (χ4v) is 5.55.